The first-order chi connectivity index (χ1) is 23.6. The predicted octanol–water partition coefficient (Wildman–Crippen LogP) is 14.1. The van der Waals surface area contributed by atoms with Crippen LogP contribution in [0.3, 0.4) is 0 Å². The van der Waals surface area contributed by atoms with Crippen LogP contribution in [0, 0.1) is 11.7 Å². The number of aryl methyl sites for hydroxylation is 1. The summed E-state index contributed by atoms with van der Waals surface area (Å²) in [4.78, 5) is 7.08. The zero-order chi connectivity index (χ0) is 36.4. The highest BCUT2D eigenvalue weighted by Gasteiger charge is 2.11. The van der Waals surface area contributed by atoms with Crippen LogP contribution in [0.5, 0.6) is 0 Å². The molecule has 0 aliphatic heterocycles. The highest BCUT2D eigenvalue weighted by atomic mass is 35.5. The van der Waals surface area contributed by atoms with Crippen molar-refractivity contribution in [1.29, 1.82) is 0 Å². The number of anilines is 1. The molecule has 0 radical (unpaired) electrons. The van der Waals surface area contributed by atoms with Crippen molar-refractivity contribution in [2.24, 2.45) is 10.9 Å². The van der Waals surface area contributed by atoms with Crippen LogP contribution < -0.4 is 5.32 Å². The number of allylic oxidation sites excluding steroid dienone is 5. The predicted molar refractivity (Wildman–Crippen MR) is 219 cm³/mol. The minimum Gasteiger partial charge on any atom is -0.344 e. The first-order valence-corrected chi connectivity index (χ1v) is 19.6. The van der Waals surface area contributed by atoms with Gasteiger partial charge in [-0.25, -0.2) is 9.38 Å². The van der Waals surface area contributed by atoms with Crippen LogP contribution in [0.2, 0.25) is 5.02 Å². The van der Waals surface area contributed by atoms with E-state index in [2.05, 4.69) is 107 Å². The number of nitrogens with zero attached hydrogens (tertiary/aromatic N) is 2. The van der Waals surface area contributed by atoms with Gasteiger partial charge in [-0.1, -0.05) is 141 Å². The van der Waals surface area contributed by atoms with Gasteiger partial charge in [0, 0.05) is 22.5 Å². The molecule has 0 atom stereocenters. The van der Waals surface area contributed by atoms with Gasteiger partial charge in [0.25, 0.3) is 0 Å². The first kappa shape index (κ1) is 44.3. The molecule has 0 unspecified atom stereocenters. The van der Waals surface area contributed by atoms with E-state index < -0.39 is 0 Å². The van der Waals surface area contributed by atoms with E-state index in [1.54, 1.807) is 6.07 Å². The summed E-state index contributed by atoms with van der Waals surface area (Å²) in [5, 5.41) is 3.47. The van der Waals surface area contributed by atoms with E-state index in [-0.39, 0.29) is 5.82 Å². The second-order valence-electron chi connectivity index (χ2n) is 13.5. The zero-order valence-corrected chi connectivity index (χ0v) is 33.4. The monoisotopic (exact) mass is 694 g/mol. The molecule has 1 fully saturated rings. The number of hydrogen-bond donors (Lipinski definition) is 1. The Balaban J connectivity index is 0.000000573. The largest absolute Gasteiger partial charge is 0.344 e. The molecular formula is C44H69ClFN3. The maximum absolute atomic E-state index is 13.7. The molecule has 0 heterocycles. The van der Waals surface area contributed by atoms with E-state index in [1.807, 2.05) is 13.1 Å². The maximum Gasteiger partial charge on any atom is 0.126 e. The number of rotatable bonds is 15. The zero-order valence-electron chi connectivity index (χ0n) is 32.6. The fraction of sp³-hybridized carbons (Fsp3) is 0.568. The molecule has 3 rings (SSSR count). The van der Waals surface area contributed by atoms with Crippen molar-refractivity contribution in [1.82, 2.24) is 4.90 Å². The molecule has 0 bridgehead atoms. The van der Waals surface area contributed by atoms with Crippen molar-refractivity contribution >= 4 is 28.7 Å². The maximum atomic E-state index is 13.7. The van der Waals surface area contributed by atoms with E-state index >= 15 is 0 Å². The molecule has 0 spiro atoms. The Morgan fingerprint density at radius 1 is 0.898 bits per heavy atom. The fourth-order valence-electron chi connectivity index (χ4n) is 5.82. The van der Waals surface area contributed by atoms with E-state index in [0.717, 1.165) is 37.2 Å². The Morgan fingerprint density at radius 3 is 2.12 bits per heavy atom. The van der Waals surface area contributed by atoms with E-state index in [4.69, 9.17) is 11.6 Å². The first-order valence-electron chi connectivity index (χ1n) is 19.2. The summed E-state index contributed by atoms with van der Waals surface area (Å²) >= 11 is 5.97. The fourth-order valence-corrected chi connectivity index (χ4v) is 6.04. The number of amidine groups is 1. The molecule has 1 saturated carbocycles. The summed E-state index contributed by atoms with van der Waals surface area (Å²) < 4.78 is 13.7. The minimum atomic E-state index is -0.383. The Hall–Kier alpha value is -2.69. The molecule has 1 N–H and O–H groups in total. The topological polar surface area (TPSA) is 27.6 Å². The lowest BCUT2D eigenvalue weighted by atomic mass is 9.91. The van der Waals surface area contributed by atoms with Crippen molar-refractivity contribution in [3.8, 4) is 0 Å². The Kier molecular flexibility index (Phi) is 24.5. The second-order valence-corrected chi connectivity index (χ2v) is 14.0. The van der Waals surface area contributed by atoms with Gasteiger partial charge in [0.2, 0.25) is 0 Å². The van der Waals surface area contributed by atoms with Gasteiger partial charge in [-0.05, 0) is 112 Å². The van der Waals surface area contributed by atoms with Crippen LogP contribution in [0.1, 0.15) is 144 Å². The quantitative estimate of drug-likeness (QED) is 0.0870. The lowest BCUT2D eigenvalue weighted by Gasteiger charge is -2.15. The summed E-state index contributed by atoms with van der Waals surface area (Å²) in [6.07, 6.45) is 23.3. The third-order valence-electron chi connectivity index (χ3n) is 8.75. The van der Waals surface area contributed by atoms with Crippen LogP contribution >= 0.6 is 11.6 Å². The van der Waals surface area contributed by atoms with Crippen LogP contribution in [-0.4, -0.2) is 30.9 Å². The minimum absolute atomic E-state index is 0.346. The number of unbranched alkanes of at least 4 members (excludes halogenated alkanes) is 3. The van der Waals surface area contributed by atoms with Crippen molar-refractivity contribution in [3.63, 3.8) is 0 Å². The molecule has 1 aliphatic carbocycles. The Labute approximate surface area is 306 Å². The highest BCUT2D eigenvalue weighted by Crippen LogP contribution is 2.30. The lowest BCUT2D eigenvalue weighted by molar-refractivity contribution is 0.326. The Bertz CT molecular complexity index is 1270. The average molecular weight is 695 g/mol. The molecule has 5 heteroatoms. The summed E-state index contributed by atoms with van der Waals surface area (Å²) in [6, 6.07) is 13.1. The summed E-state index contributed by atoms with van der Waals surface area (Å²) in [5.74, 6) is 1.31. The van der Waals surface area contributed by atoms with Gasteiger partial charge in [-0.3, -0.25) is 0 Å². The smallest absolute Gasteiger partial charge is 0.126 e. The number of hydrogen-bond acceptors (Lipinski definition) is 2. The van der Waals surface area contributed by atoms with Crippen molar-refractivity contribution in [2.75, 3.05) is 25.5 Å². The molecule has 49 heavy (non-hydrogen) atoms. The van der Waals surface area contributed by atoms with Crippen LogP contribution in [-0.2, 0) is 6.42 Å². The van der Waals surface area contributed by atoms with Gasteiger partial charge >= 0.3 is 0 Å². The van der Waals surface area contributed by atoms with E-state index in [0.29, 0.717) is 16.5 Å². The molecule has 0 amide bonds. The van der Waals surface area contributed by atoms with Crippen molar-refractivity contribution in [3.05, 3.63) is 93.9 Å². The third-order valence-corrected chi connectivity index (χ3v) is 8.97. The van der Waals surface area contributed by atoms with Gasteiger partial charge in [0.05, 0.1) is 0 Å². The van der Waals surface area contributed by atoms with E-state index in [1.165, 1.54) is 105 Å². The van der Waals surface area contributed by atoms with Crippen LogP contribution in [0.25, 0.3) is 5.57 Å². The number of halogens is 2. The van der Waals surface area contributed by atoms with Gasteiger partial charge in [-0.15, -0.1) is 0 Å². The van der Waals surface area contributed by atoms with Gasteiger partial charge in [0.15, 0.2) is 0 Å². The molecule has 0 saturated heterocycles. The lowest BCUT2D eigenvalue weighted by Crippen LogP contribution is -2.20. The van der Waals surface area contributed by atoms with Crippen LogP contribution in [0.4, 0.5) is 10.1 Å². The SMILES string of the molecule is CC1CCCCC1.CCCCCN(C)CCC.CC\C=C(C(=C/N=C(C)Nc1cc(F)cc(Cl)c1)/C(C)=C/CCC)\c1ccc(CC)cc1. The second kappa shape index (κ2) is 27.1. The molecule has 2 aromatic carbocycles. The molecule has 1 aliphatic rings. The summed E-state index contributed by atoms with van der Waals surface area (Å²) in [5.41, 5.74) is 6.52. The number of nitrogens with one attached hydrogen (secondary N) is 1. The normalized spacial score (nSPS) is 14.6. The van der Waals surface area contributed by atoms with Crippen LogP contribution in [0.15, 0.2) is 77.0 Å². The molecule has 3 nitrogen and oxygen atoms in total. The van der Waals surface area contributed by atoms with E-state index in [9.17, 15) is 4.39 Å². The molecule has 274 valence electrons. The molecule has 0 aromatic heterocycles. The number of benzene rings is 2. The summed E-state index contributed by atoms with van der Waals surface area (Å²) in [6.45, 7) is 19.9. The standard InChI is InChI=1S/C28H34ClFN2.C9H21N.C7H14/c1-6-9-11-20(4)28(27(10-7-2)23-14-12-22(8-3)13-15-23)19-31-21(5)32-26-17-24(29)16-25(30)18-26;1-4-6-7-9-10(3)8-5-2;1-7-5-3-2-4-6-7/h10-19H,6-9H2,1-5H3,(H,31,32);4-9H2,1-3H3;7H,2-6H2,1H3/b20-11+,27-10-,28-19+;;. The van der Waals surface area contributed by atoms with Crippen molar-refractivity contribution in [2.45, 2.75) is 139 Å². The average Bonchev–Trinajstić information content (AvgIpc) is 3.07. The third kappa shape index (κ3) is 19.9. The van der Waals surface area contributed by atoms with Gasteiger partial charge in [0.1, 0.15) is 11.7 Å². The molecule has 2 aromatic rings. The highest BCUT2D eigenvalue weighted by molar-refractivity contribution is 6.30. The van der Waals surface area contributed by atoms with Gasteiger partial charge in [-0.2, -0.15) is 0 Å². The van der Waals surface area contributed by atoms with Gasteiger partial charge < -0.3 is 10.2 Å². The number of aliphatic imine (C=N–C) groups is 1. The van der Waals surface area contributed by atoms with Crippen molar-refractivity contribution < 1.29 is 4.39 Å². The Morgan fingerprint density at radius 2 is 1.59 bits per heavy atom. The molecular weight excluding hydrogens is 625 g/mol. The summed E-state index contributed by atoms with van der Waals surface area (Å²) in [7, 11) is 2.21.